The zero-order valence-corrected chi connectivity index (χ0v) is 17.8. The van der Waals surface area contributed by atoms with Crippen LogP contribution in [0.15, 0.2) is 12.3 Å². The molecule has 1 atom stereocenters. The van der Waals surface area contributed by atoms with Crippen LogP contribution in [-0.2, 0) is 9.59 Å². The molecule has 0 bridgehead atoms. The molecule has 1 aliphatic rings. The molecule has 4 N–H and O–H groups in total. The van der Waals surface area contributed by atoms with Crippen LogP contribution in [0.2, 0.25) is 0 Å². The number of hydrogen-bond donors (Lipinski definition) is 4. The molecule has 0 aromatic carbocycles. The standard InChI is InChI=1S/C17H23N5O.C4H6O4/c1-11(23)17-21-14-10-20-16(19-2)9-15(14)22(17)13-5-3-12(4-6-13)7-8-18;5-3(6)1-2-4(7)8/h9-13,23H,3-7H2,1-2H3,(H,19,20);1-2H2,(H,5,6)(H,7,8)/t11-,12?,13?;/m1./s1. The molecule has 0 amide bonds. The number of aliphatic hydroxyl groups is 1. The first-order valence-electron chi connectivity index (χ1n) is 10.3. The monoisotopic (exact) mass is 431 g/mol. The molecule has 1 aliphatic carbocycles. The van der Waals surface area contributed by atoms with Gasteiger partial charge in [-0.25, -0.2) is 9.97 Å². The second-order valence-electron chi connectivity index (χ2n) is 7.65. The van der Waals surface area contributed by atoms with E-state index in [-0.39, 0.29) is 12.8 Å². The van der Waals surface area contributed by atoms with Gasteiger partial charge in [0, 0.05) is 25.6 Å². The maximum atomic E-state index is 10.1. The van der Waals surface area contributed by atoms with Crippen LogP contribution in [0.5, 0.6) is 0 Å². The van der Waals surface area contributed by atoms with E-state index in [4.69, 9.17) is 15.5 Å². The number of nitriles is 1. The van der Waals surface area contributed by atoms with Crippen molar-refractivity contribution in [3.05, 3.63) is 18.1 Å². The topological polar surface area (TPSA) is 161 Å². The summed E-state index contributed by atoms with van der Waals surface area (Å²) in [4.78, 5) is 28.2. The zero-order valence-electron chi connectivity index (χ0n) is 17.8. The quantitative estimate of drug-likeness (QED) is 0.516. The van der Waals surface area contributed by atoms with Gasteiger partial charge >= 0.3 is 11.9 Å². The largest absolute Gasteiger partial charge is 0.481 e. The molecule has 0 unspecified atom stereocenters. The van der Waals surface area contributed by atoms with Gasteiger partial charge in [-0.1, -0.05) is 0 Å². The lowest BCUT2D eigenvalue weighted by Crippen LogP contribution is -2.20. The predicted molar refractivity (Wildman–Crippen MR) is 113 cm³/mol. The van der Waals surface area contributed by atoms with Gasteiger partial charge in [0.1, 0.15) is 23.3 Å². The van der Waals surface area contributed by atoms with E-state index in [9.17, 15) is 14.7 Å². The molecule has 10 nitrogen and oxygen atoms in total. The molecule has 0 spiro atoms. The molecule has 0 saturated heterocycles. The fraction of sp³-hybridized carbons (Fsp3) is 0.571. The predicted octanol–water partition coefficient (Wildman–Crippen LogP) is 3.11. The zero-order chi connectivity index (χ0) is 23.0. The van der Waals surface area contributed by atoms with Crippen molar-refractivity contribution in [2.45, 2.75) is 64.0 Å². The van der Waals surface area contributed by atoms with E-state index in [1.165, 1.54) is 0 Å². The van der Waals surface area contributed by atoms with E-state index in [2.05, 4.69) is 25.9 Å². The van der Waals surface area contributed by atoms with Crippen LogP contribution in [-0.4, -0.2) is 48.8 Å². The summed E-state index contributed by atoms with van der Waals surface area (Å²) in [6, 6.07) is 4.61. The summed E-state index contributed by atoms with van der Waals surface area (Å²) in [7, 11) is 1.84. The minimum atomic E-state index is -1.08. The Morgan fingerprint density at radius 1 is 1.26 bits per heavy atom. The number of aromatic nitrogens is 3. The third kappa shape index (κ3) is 6.65. The number of imidazole rings is 1. The highest BCUT2D eigenvalue weighted by Gasteiger charge is 2.27. The molecule has 10 heteroatoms. The molecule has 31 heavy (non-hydrogen) atoms. The lowest BCUT2D eigenvalue weighted by atomic mass is 9.84. The van der Waals surface area contributed by atoms with Crippen LogP contribution >= 0.6 is 0 Å². The number of aliphatic hydroxyl groups excluding tert-OH is 1. The number of carbonyl (C=O) groups is 2. The van der Waals surface area contributed by atoms with Crippen molar-refractivity contribution in [1.82, 2.24) is 14.5 Å². The average Bonchev–Trinajstić information content (AvgIpc) is 3.12. The molecule has 3 rings (SSSR count). The van der Waals surface area contributed by atoms with Gasteiger partial charge < -0.3 is 25.2 Å². The third-order valence-electron chi connectivity index (χ3n) is 5.35. The second-order valence-corrected chi connectivity index (χ2v) is 7.65. The molecule has 2 heterocycles. The number of hydrogen-bond acceptors (Lipinski definition) is 7. The van der Waals surface area contributed by atoms with Gasteiger partial charge in [0.25, 0.3) is 0 Å². The van der Waals surface area contributed by atoms with Gasteiger partial charge in [-0.3, -0.25) is 9.59 Å². The lowest BCUT2D eigenvalue weighted by molar-refractivity contribution is -0.143. The van der Waals surface area contributed by atoms with E-state index in [1.807, 2.05) is 13.1 Å². The maximum absolute atomic E-state index is 10.1. The Labute approximate surface area is 180 Å². The summed E-state index contributed by atoms with van der Waals surface area (Å²) in [6.07, 6.45) is 5.35. The summed E-state index contributed by atoms with van der Waals surface area (Å²) >= 11 is 0. The molecule has 1 saturated carbocycles. The van der Waals surface area contributed by atoms with E-state index in [0.717, 1.165) is 42.5 Å². The number of pyridine rings is 1. The number of carboxylic acid groups (broad SMARTS) is 2. The van der Waals surface area contributed by atoms with Gasteiger partial charge in [-0.15, -0.1) is 0 Å². The smallest absolute Gasteiger partial charge is 0.303 e. The molecule has 168 valence electrons. The molecule has 1 fully saturated rings. The Balaban J connectivity index is 0.000000366. The molecular weight excluding hydrogens is 402 g/mol. The average molecular weight is 431 g/mol. The number of rotatable bonds is 7. The number of carboxylic acids is 2. The molecule has 0 radical (unpaired) electrons. The summed E-state index contributed by atoms with van der Waals surface area (Å²) in [5.74, 6) is -0.136. The van der Waals surface area contributed by atoms with Crippen LogP contribution in [0.3, 0.4) is 0 Å². The van der Waals surface area contributed by atoms with Crippen LogP contribution in [0.4, 0.5) is 5.82 Å². The number of anilines is 1. The van der Waals surface area contributed by atoms with E-state index >= 15 is 0 Å². The number of nitrogens with one attached hydrogen (secondary N) is 1. The molecular formula is C21H29N5O5. The summed E-state index contributed by atoms with van der Waals surface area (Å²) in [5, 5.41) is 37.9. The number of fused-ring (bicyclic) bond motifs is 1. The Bertz CT molecular complexity index is 928. The first kappa shape index (κ1) is 24.1. The number of aliphatic carboxylic acids is 2. The summed E-state index contributed by atoms with van der Waals surface area (Å²) < 4.78 is 2.19. The van der Waals surface area contributed by atoms with Crippen LogP contribution in [0, 0.1) is 17.2 Å². The minimum absolute atomic E-state index is 0.296. The fourth-order valence-corrected chi connectivity index (χ4v) is 3.78. The highest BCUT2D eigenvalue weighted by Crippen LogP contribution is 2.37. The summed E-state index contributed by atoms with van der Waals surface area (Å²) in [5.41, 5.74) is 1.84. The van der Waals surface area contributed by atoms with Crippen molar-refractivity contribution in [2.24, 2.45) is 5.92 Å². The SMILES string of the molecule is CNc1cc2c(cn1)nc([C@@H](C)O)n2C1CCC(CC#N)CC1.O=C(O)CCC(=O)O. The van der Waals surface area contributed by atoms with Crippen LogP contribution in [0.1, 0.15) is 69.8 Å². The normalized spacial score (nSPS) is 19.0. The fourth-order valence-electron chi connectivity index (χ4n) is 3.78. The van der Waals surface area contributed by atoms with Crippen molar-refractivity contribution in [1.29, 1.82) is 5.26 Å². The Morgan fingerprint density at radius 2 is 1.87 bits per heavy atom. The van der Waals surface area contributed by atoms with Gasteiger partial charge in [0.2, 0.25) is 0 Å². The van der Waals surface area contributed by atoms with Gasteiger partial charge in [0.15, 0.2) is 0 Å². The van der Waals surface area contributed by atoms with Gasteiger partial charge in [0.05, 0.1) is 30.6 Å². The lowest BCUT2D eigenvalue weighted by Gasteiger charge is -2.30. The first-order chi connectivity index (χ1) is 14.8. The third-order valence-corrected chi connectivity index (χ3v) is 5.35. The molecule has 0 aliphatic heterocycles. The number of nitrogens with zero attached hydrogens (tertiary/aromatic N) is 4. The van der Waals surface area contributed by atoms with Crippen molar-refractivity contribution in [3.8, 4) is 6.07 Å². The van der Waals surface area contributed by atoms with Gasteiger partial charge in [-0.2, -0.15) is 5.26 Å². The molecule has 2 aromatic heterocycles. The Kier molecular flexibility index (Phi) is 8.75. The van der Waals surface area contributed by atoms with Crippen LogP contribution < -0.4 is 5.32 Å². The van der Waals surface area contributed by atoms with Crippen LogP contribution in [0.25, 0.3) is 11.0 Å². The van der Waals surface area contributed by atoms with E-state index in [0.29, 0.717) is 24.2 Å². The van der Waals surface area contributed by atoms with E-state index in [1.54, 1.807) is 13.1 Å². The van der Waals surface area contributed by atoms with Crippen molar-refractivity contribution >= 4 is 28.8 Å². The van der Waals surface area contributed by atoms with Gasteiger partial charge in [-0.05, 0) is 38.5 Å². The minimum Gasteiger partial charge on any atom is -0.481 e. The second kappa shape index (κ2) is 11.3. The first-order valence-corrected chi connectivity index (χ1v) is 10.3. The maximum Gasteiger partial charge on any atom is 0.303 e. The Hall–Kier alpha value is -3.19. The highest BCUT2D eigenvalue weighted by molar-refractivity contribution is 5.78. The highest BCUT2D eigenvalue weighted by atomic mass is 16.4. The Morgan fingerprint density at radius 3 is 2.35 bits per heavy atom. The van der Waals surface area contributed by atoms with Crippen molar-refractivity contribution in [3.63, 3.8) is 0 Å². The van der Waals surface area contributed by atoms with E-state index < -0.39 is 18.0 Å². The van der Waals surface area contributed by atoms with Crippen molar-refractivity contribution in [2.75, 3.05) is 12.4 Å². The molecule has 2 aromatic rings. The van der Waals surface area contributed by atoms with Crippen molar-refractivity contribution < 1.29 is 24.9 Å². The summed E-state index contributed by atoms with van der Waals surface area (Å²) in [6.45, 7) is 1.76.